The van der Waals surface area contributed by atoms with Gasteiger partial charge in [0.15, 0.2) is 0 Å². The van der Waals surface area contributed by atoms with Gasteiger partial charge in [-0.25, -0.2) is 4.99 Å². The van der Waals surface area contributed by atoms with Crippen molar-refractivity contribution in [2.45, 2.75) is 0 Å². The van der Waals surface area contributed by atoms with Crippen LogP contribution in [0.1, 0.15) is 5.56 Å². The fourth-order valence-electron chi connectivity index (χ4n) is 2.80. The van der Waals surface area contributed by atoms with Gasteiger partial charge in [-0.2, -0.15) is 5.10 Å². The zero-order valence-electron chi connectivity index (χ0n) is 12.0. The minimum atomic E-state index is 0.914. The highest BCUT2D eigenvalue weighted by molar-refractivity contribution is 6.06. The van der Waals surface area contributed by atoms with Gasteiger partial charge < -0.3 is 15.1 Å². The van der Waals surface area contributed by atoms with Crippen LogP contribution in [0.5, 0.6) is 0 Å². The summed E-state index contributed by atoms with van der Waals surface area (Å²) < 4.78 is 0. The molecule has 0 radical (unpaired) electrons. The average Bonchev–Trinajstić information content (AvgIpc) is 2.89. The molecule has 1 aromatic heterocycles. The van der Waals surface area contributed by atoms with Crippen LogP contribution in [0.3, 0.4) is 0 Å². The molecular formula is C15H18N6. The van der Waals surface area contributed by atoms with E-state index in [1.54, 1.807) is 0 Å². The van der Waals surface area contributed by atoms with Gasteiger partial charge in [0, 0.05) is 26.2 Å². The van der Waals surface area contributed by atoms with Gasteiger partial charge in [0.2, 0.25) is 0 Å². The number of aliphatic imine (C=N–C) groups is 1. The zero-order chi connectivity index (χ0) is 14.2. The number of aromatic nitrogens is 2. The lowest BCUT2D eigenvalue weighted by atomic mass is 10.2. The summed E-state index contributed by atoms with van der Waals surface area (Å²) in [5, 5.41) is 10.6. The number of aromatic amines is 1. The van der Waals surface area contributed by atoms with Gasteiger partial charge in [-0.1, -0.05) is 12.1 Å². The number of amidine groups is 1. The number of benzene rings is 1. The Labute approximate surface area is 123 Å². The van der Waals surface area contributed by atoms with Gasteiger partial charge in [0.05, 0.1) is 23.1 Å². The van der Waals surface area contributed by atoms with Gasteiger partial charge in [-0.05, 0) is 19.2 Å². The molecule has 6 nitrogen and oxygen atoms in total. The average molecular weight is 282 g/mol. The molecule has 0 saturated carbocycles. The largest absolute Gasteiger partial charge is 0.353 e. The van der Waals surface area contributed by atoms with E-state index in [4.69, 9.17) is 4.99 Å². The van der Waals surface area contributed by atoms with Crippen molar-refractivity contribution < 1.29 is 0 Å². The number of nitrogens with zero attached hydrogens (tertiary/aromatic N) is 4. The molecule has 2 N–H and O–H groups in total. The van der Waals surface area contributed by atoms with E-state index < -0.39 is 0 Å². The number of hydrogen-bond acceptors (Lipinski definition) is 5. The van der Waals surface area contributed by atoms with Gasteiger partial charge in [-0.15, -0.1) is 0 Å². The second kappa shape index (κ2) is 4.89. The SMILES string of the molecule is CN1CCN(C2=Nc3ccccc3Nc3[nH]ncc32)CC1. The van der Waals surface area contributed by atoms with Crippen molar-refractivity contribution in [3.05, 3.63) is 36.0 Å². The molecular weight excluding hydrogens is 264 g/mol. The first-order valence-corrected chi connectivity index (χ1v) is 7.23. The minimum absolute atomic E-state index is 0.914. The summed E-state index contributed by atoms with van der Waals surface area (Å²) in [7, 11) is 2.16. The lowest BCUT2D eigenvalue weighted by molar-refractivity contribution is 0.216. The van der Waals surface area contributed by atoms with E-state index in [1.807, 2.05) is 30.5 Å². The molecule has 2 aliphatic rings. The Morgan fingerprint density at radius 1 is 1.10 bits per heavy atom. The second-order valence-corrected chi connectivity index (χ2v) is 5.53. The minimum Gasteiger partial charge on any atom is -0.353 e. The summed E-state index contributed by atoms with van der Waals surface area (Å²) >= 11 is 0. The molecule has 0 amide bonds. The molecule has 0 bridgehead atoms. The third-order valence-corrected chi connectivity index (χ3v) is 4.07. The van der Waals surface area contributed by atoms with Crippen LogP contribution in [0.15, 0.2) is 35.5 Å². The predicted octanol–water partition coefficient (Wildman–Crippen LogP) is 1.79. The topological polar surface area (TPSA) is 59.5 Å². The summed E-state index contributed by atoms with van der Waals surface area (Å²) in [4.78, 5) is 9.59. The third-order valence-electron chi connectivity index (χ3n) is 4.07. The molecule has 1 saturated heterocycles. The normalized spacial score (nSPS) is 18.3. The molecule has 21 heavy (non-hydrogen) atoms. The first kappa shape index (κ1) is 12.4. The van der Waals surface area contributed by atoms with Crippen LogP contribution < -0.4 is 5.32 Å². The molecule has 0 atom stereocenters. The zero-order valence-corrected chi connectivity index (χ0v) is 12.0. The third kappa shape index (κ3) is 2.17. The van der Waals surface area contributed by atoms with Gasteiger partial charge in [0.25, 0.3) is 0 Å². The molecule has 0 aliphatic carbocycles. The standard InChI is InChI=1S/C15H18N6/c1-20-6-8-21(9-7-20)15-11-10-16-19-14(11)17-12-4-2-3-5-13(12)18-15/h2-5,10H,6-9H2,1H3,(H2,16,17,19). The van der Waals surface area contributed by atoms with Crippen molar-refractivity contribution >= 4 is 23.0 Å². The maximum atomic E-state index is 4.90. The van der Waals surface area contributed by atoms with Crippen molar-refractivity contribution in [3.63, 3.8) is 0 Å². The Morgan fingerprint density at radius 2 is 1.90 bits per heavy atom. The number of H-pyrrole nitrogens is 1. The van der Waals surface area contributed by atoms with E-state index in [0.29, 0.717) is 0 Å². The molecule has 2 aliphatic heterocycles. The van der Waals surface area contributed by atoms with E-state index in [1.165, 1.54) is 0 Å². The highest BCUT2D eigenvalue weighted by Crippen LogP contribution is 2.33. The Morgan fingerprint density at radius 3 is 2.76 bits per heavy atom. The highest BCUT2D eigenvalue weighted by Gasteiger charge is 2.24. The summed E-state index contributed by atoms with van der Waals surface area (Å²) in [5.41, 5.74) is 3.01. The van der Waals surface area contributed by atoms with Crippen molar-refractivity contribution in [2.24, 2.45) is 4.99 Å². The lowest BCUT2D eigenvalue weighted by Gasteiger charge is -2.34. The highest BCUT2D eigenvalue weighted by atomic mass is 15.3. The van der Waals surface area contributed by atoms with Crippen molar-refractivity contribution in [1.82, 2.24) is 20.0 Å². The quantitative estimate of drug-likeness (QED) is 0.773. The molecule has 4 rings (SSSR count). The monoisotopic (exact) mass is 282 g/mol. The summed E-state index contributed by atoms with van der Waals surface area (Å²) in [6.07, 6.45) is 1.85. The van der Waals surface area contributed by atoms with E-state index in [9.17, 15) is 0 Å². The summed E-state index contributed by atoms with van der Waals surface area (Å²) in [5.74, 6) is 1.92. The van der Waals surface area contributed by atoms with Crippen molar-refractivity contribution in [3.8, 4) is 0 Å². The predicted molar refractivity (Wildman–Crippen MR) is 83.6 cm³/mol. The summed E-state index contributed by atoms with van der Waals surface area (Å²) in [6.45, 7) is 4.09. The van der Waals surface area contributed by atoms with Crippen LogP contribution in [0.2, 0.25) is 0 Å². The number of para-hydroxylation sites is 2. The molecule has 3 heterocycles. The molecule has 0 spiro atoms. The number of likely N-dealkylation sites (N-methyl/N-ethyl adjacent to an activating group) is 1. The van der Waals surface area contributed by atoms with Crippen molar-refractivity contribution in [1.29, 1.82) is 0 Å². The number of nitrogens with one attached hydrogen (secondary N) is 2. The number of piperazine rings is 1. The Balaban J connectivity index is 1.79. The van der Waals surface area contributed by atoms with Crippen LogP contribution >= 0.6 is 0 Å². The molecule has 1 aromatic carbocycles. The molecule has 1 fully saturated rings. The lowest BCUT2D eigenvalue weighted by Crippen LogP contribution is -2.47. The first-order valence-electron chi connectivity index (χ1n) is 7.23. The number of hydrogen-bond donors (Lipinski definition) is 2. The first-order chi connectivity index (χ1) is 10.3. The fourth-order valence-corrected chi connectivity index (χ4v) is 2.80. The van der Waals surface area contributed by atoms with Crippen LogP contribution in [0.4, 0.5) is 17.2 Å². The maximum Gasteiger partial charge on any atom is 0.142 e. The van der Waals surface area contributed by atoms with Crippen LogP contribution in [-0.2, 0) is 0 Å². The van der Waals surface area contributed by atoms with E-state index >= 15 is 0 Å². The van der Waals surface area contributed by atoms with Crippen LogP contribution in [0, 0.1) is 0 Å². The second-order valence-electron chi connectivity index (χ2n) is 5.53. The Bertz CT molecular complexity index is 681. The number of fused-ring (bicyclic) bond motifs is 2. The Kier molecular flexibility index (Phi) is 2.89. The molecule has 108 valence electrons. The van der Waals surface area contributed by atoms with E-state index in [0.717, 1.165) is 54.8 Å². The fraction of sp³-hybridized carbons (Fsp3) is 0.333. The van der Waals surface area contributed by atoms with Crippen molar-refractivity contribution in [2.75, 3.05) is 38.5 Å². The van der Waals surface area contributed by atoms with E-state index in [-0.39, 0.29) is 0 Å². The summed E-state index contributed by atoms with van der Waals surface area (Å²) in [6, 6.07) is 8.11. The molecule has 6 heteroatoms. The van der Waals surface area contributed by atoms with Crippen LogP contribution in [-0.4, -0.2) is 59.1 Å². The number of rotatable bonds is 0. The van der Waals surface area contributed by atoms with Gasteiger partial charge >= 0.3 is 0 Å². The van der Waals surface area contributed by atoms with Gasteiger partial charge in [0.1, 0.15) is 11.7 Å². The van der Waals surface area contributed by atoms with Crippen LogP contribution in [0.25, 0.3) is 0 Å². The molecule has 0 unspecified atom stereocenters. The molecule has 2 aromatic rings. The Hall–Kier alpha value is -2.34. The smallest absolute Gasteiger partial charge is 0.142 e. The maximum absolute atomic E-state index is 4.90. The van der Waals surface area contributed by atoms with Gasteiger partial charge in [-0.3, -0.25) is 5.10 Å². The number of anilines is 2. The van der Waals surface area contributed by atoms with E-state index in [2.05, 4.69) is 32.4 Å².